The maximum absolute atomic E-state index is 13.7. The van der Waals surface area contributed by atoms with Crippen molar-refractivity contribution in [1.29, 1.82) is 0 Å². The number of amides is 1. The van der Waals surface area contributed by atoms with Crippen molar-refractivity contribution in [1.82, 2.24) is 19.5 Å². The molecule has 34 heavy (non-hydrogen) atoms. The zero-order valence-corrected chi connectivity index (χ0v) is 21.5. The van der Waals surface area contributed by atoms with E-state index in [9.17, 15) is 4.79 Å². The van der Waals surface area contributed by atoms with Crippen LogP contribution in [-0.4, -0.2) is 50.3 Å². The average molecular weight is 478 g/mol. The summed E-state index contributed by atoms with van der Waals surface area (Å²) in [6.07, 6.45) is 3.04. The van der Waals surface area contributed by atoms with Crippen molar-refractivity contribution in [2.75, 3.05) is 6.54 Å². The quantitative estimate of drug-likeness (QED) is 0.535. The van der Waals surface area contributed by atoms with Crippen molar-refractivity contribution in [2.45, 2.75) is 83.5 Å². The number of carbonyl (C=O) groups excluding carboxylic acids is 1. The van der Waals surface area contributed by atoms with Gasteiger partial charge in [0.25, 0.3) is 5.91 Å². The number of nitrogens with zero attached hydrogens (tertiary/aromatic N) is 4. The van der Waals surface area contributed by atoms with Crippen LogP contribution in [0, 0.1) is 0 Å². The van der Waals surface area contributed by atoms with Crippen molar-refractivity contribution in [2.24, 2.45) is 0 Å². The summed E-state index contributed by atoms with van der Waals surface area (Å²) < 4.78 is 14.4. The SMILES string of the molecule is C[C@@H]1c2ccsc2CCN1C(=O)c1cc(C2(C)CC2)n2nc(B3OC(C)(C)C(C)(C)O3)cc2n1. The zero-order chi connectivity index (χ0) is 24.0. The van der Waals surface area contributed by atoms with Gasteiger partial charge in [0.2, 0.25) is 0 Å². The lowest BCUT2D eigenvalue weighted by molar-refractivity contribution is 0.00578. The molecule has 3 aromatic heterocycles. The maximum Gasteiger partial charge on any atom is 0.516 e. The van der Waals surface area contributed by atoms with Crippen molar-refractivity contribution >= 4 is 35.6 Å². The summed E-state index contributed by atoms with van der Waals surface area (Å²) in [4.78, 5) is 21.8. The molecule has 0 unspecified atom stereocenters. The molecule has 3 aromatic rings. The molecule has 0 N–H and O–H groups in total. The van der Waals surface area contributed by atoms with Crippen LogP contribution in [-0.2, 0) is 21.1 Å². The average Bonchev–Trinajstić information content (AvgIpc) is 3.14. The molecular formula is C25H31BN4O3S. The number of aromatic nitrogens is 3. The molecule has 1 amide bonds. The topological polar surface area (TPSA) is 69.0 Å². The molecular weight excluding hydrogens is 447 g/mol. The third-order valence-corrected chi connectivity index (χ3v) is 9.31. The van der Waals surface area contributed by atoms with E-state index in [1.165, 1.54) is 10.4 Å². The fraction of sp³-hybridized carbons (Fsp3) is 0.560. The highest BCUT2D eigenvalue weighted by molar-refractivity contribution is 7.10. The van der Waals surface area contributed by atoms with Crippen LogP contribution < -0.4 is 5.59 Å². The van der Waals surface area contributed by atoms with E-state index >= 15 is 0 Å². The number of rotatable bonds is 3. The molecule has 1 aliphatic carbocycles. The molecule has 0 aromatic carbocycles. The fourth-order valence-electron chi connectivity index (χ4n) is 4.99. The predicted molar refractivity (Wildman–Crippen MR) is 133 cm³/mol. The Kier molecular flexibility index (Phi) is 4.68. The van der Waals surface area contributed by atoms with Crippen LogP contribution in [0.15, 0.2) is 23.6 Å². The Morgan fingerprint density at radius 1 is 1.15 bits per heavy atom. The van der Waals surface area contributed by atoms with Crippen molar-refractivity contribution in [3.63, 3.8) is 0 Å². The lowest BCUT2D eigenvalue weighted by atomic mass is 9.85. The van der Waals surface area contributed by atoms with Gasteiger partial charge in [-0.1, -0.05) is 6.92 Å². The second kappa shape index (κ2) is 7.15. The number of fused-ring (bicyclic) bond motifs is 2. The molecule has 9 heteroatoms. The molecule has 7 nitrogen and oxygen atoms in total. The summed E-state index contributed by atoms with van der Waals surface area (Å²) in [5.41, 5.74) is 3.24. The summed E-state index contributed by atoms with van der Waals surface area (Å²) in [5, 5.41) is 6.98. The van der Waals surface area contributed by atoms with Crippen molar-refractivity contribution in [3.05, 3.63) is 45.4 Å². The molecule has 178 valence electrons. The Morgan fingerprint density at radius 3 is 2.53 bits per heavy atom. The van der Waals surface area contributed by atoms with E-state index in [0.29, 0.717) is 23.5 Å². The molecule has 2 aliphatic heterocycles. The highest BCUT2D eigenvalue weighted by Gasteiger charge is 2.53. The second-order valence-corrected chi connectivity index (χ2v) is 12.2. The zero-order valence-electron chi connectivity index (χ0n) is 20.7. The summed E-state index contributed by atoms with van der Waals surface area (Å²) >= 11 is 1.78. The van der Waals surface area contributed by atoms with Crippen LogP contribution in [0.2, 0.25) is 0 Å². The summed E-state index contributed by atoms with van der Waals surface area (Å²) in [6, 6.07) is 6.06. The van der Waals surface area contributed by atoms with Crippen LogP contribution in [0.3, 0.4) is 0 Å². The standard InChI is InChI=1S/C25H31BN4O3S/c1-15-16-8-12-34-18(16)7-11-29(15)22(31)17-13-19(25(6)9-10-25)30-21(27-17)14-20(28-30)26-32-23(2,3)24(4,5)33-26/h8,12-15H,7,9-11H2,1-6H3/t15-/m1/s1. The smallest absolute Gasteiger partial charge is 0.398 e. The first-order valence-electron chi connectivity index (χ1n) is 12.1. The van der Waals surface area contributed by atoms with Crippen LogP contribution in [0.5, 0.6) is 0 Å². The lowest BCUT2D eigenvalue weighted by Gasteiger charge is -2.33. The van der Waals surface area contributed by atoms with Gasteiger partial charge in [-0.15, -0.1) is 11.3 Å². The summed E-state index contributed by atoms with van der Waals surface area (Å²) in [7, 11) is -0.565. The summed E-state index contributed by atoms with van der Waals surface area (Å²) in [5.74, 6) is -0.0178. The fourth-order valence-corrected chi connectivity index (χ4v) is 5.95. The molecule has 1 saturated carbocycles. The van der Waals surface area contributed by atoms with Gasteiger partial charge in [-0.05, 0) is 77.0 Å². The highest BCUT2D eigenvalue weighted by atomic mass is 32.1. The molecule has 0 spiro atoms. The van der Waals surface area contributed by atoms with Gasteiger partial charge in [0.15, 0.2) is 5.65 Å². The minimum absolute atomic E-state index is 0.00346. The largest absolute Gasteiger partial charge is 0.516 e. The maximum atomic E-state index is 13.7. The van der Waals surface area contributed by atoms with E-state index in [1.54, 1.807) is 11.3 Å². The normalized spacial score (nSPS) is 24.5. The number of hydrogen-bond acceptors (Lipinski definition) is 6. The first kappa shape index (κ1) is 22.3. The third kappa shape index (κ3) is 3.27. The van der Waals surface area contributed by atoms with Gasteiger partial charge in [0.1, 0.15) is 5.69 Å². The van der Waals surface area contributed by atoms with Gasteiger partial charge in [-0.25, -0.2) is 9.50 Å². The molecule has 0 radical (unpaired) electrons. The van der Waals surface area contributed by atoms with E-state index < -0.39 is 18.3 Å². The van der Waals surface area contributed by atoms with E-state index in [1.807, 2.05) is 49.2 Å². The van der Waals surface area contributed by atoms with E-state index in [4.69, 9.17) is 19.4 Å². The second-order valence-electron chi connectivity index (χ2n) is 11.2. The van der Waals surface area contributed by atoms with Gasteiger partial charge >= 0.3 is 7.12 Å². The Morgan fingerprint density at radius 2 is 1.85 bits per heavy atom. The van der Waals surface area contributed by atoms with Crippen molar-refractivity contribution in [3.8, 4) is 0 Å². The van der Waals surface area contributed by atoms with Crippen LogP contribution in [0.25, 0.3) is 5.65 Å². The van der Waals surface area contributed by atoms with E-state index in [-0.39, 0.29) is 17.4 Å². The monoisotopic (exact) mass is 478 g/mol. The molecule has 0 bridgehead atoms. The van der Waals surface area contributed by atoms with Gasteiger partial charge in [0, 0.05) is 22.9 Å². The van der Waals surface area contributed by atoms with Gasteiger partial charge in [0.05, 0.1) is 28.5 Å². The minimum atomic E-state index is -0.565. The molecule has 1 saturated heterocycles. The Labute approximate surface area is 204 Å². The molecule has 3 aliphatic rings. The number of hydrogen-bond donors (Lipinski definition) is 0. The van der Waals surface area contributed by atoms with Crippen molar-refractivity contribution < 1.29 is 14.1 Å². The number of thiophene rings is 1. The Hall–Kier alpha value is -2.23. The van der Waals surface area contributed by atoms with Gasteiger partial charge in [-0.3, -0.25) is 4.79 Å². The molecule has 2 fully saturated rings. The van der Waals surface area contributed by atoms with Crippen LogP contribution >= 0.6 is 11.3 Å². The number of carbonyl (C=O) groups is 1. The van der Waals surface area contributed by atoms with E-state index in [2.05, 4.69) is 25.3 Å². The first-order valence-corrected chi connectivity index (χ1v) is 13.0. The Balaban J connectivity index is 1.39. The molecule has 6 rings (SSSR count). The predicted octanol–water partition coefficient (Wildman–Crippen LogP) is 3.90. The molecule has 5 heterocycles. The van der Waals surface area contributed by atoms with E-state index in [0.717, 1.165) is 25.0 Å². The first-order chi connectivity index (χ1) is 16.0. The highest BCUT2D eigenvalue weighted by Crippen LogP contribution is 2.47. The summed E-state index contributed by atoms with van der Waals surface area (Å²) in [6.45, 7) is 13.2. The van der Waals surface area contributed by atoms with Gasteiger partial charge < -0.3 is 14.2 Å². The van der Waals surface area contributed by atoms with Crippen LogP contribution in [0.1, 0.15) is 87.0 Å². The third-order valence-electron chi connectivity index (χ3n) is 8.32. The Bertz CT molecular complexity index is 1290. The minimum Gasteiger partial charge on any atom is -0.398 e. The van der Waals surface area contributed by atoms with Crippen LogP contribution in [0.4, 0.5) is 0 Å². The molecule has 1 atom stereocenters. The lowest BCUT2D eigenvalue weighted by Crippen LogP contribution is -2.41. The van der Waals surface area contributed by atoms with Gasteiger partial charge in [-0.2, -0.15) is 5.10 Å².